The second kappa shape index (κ2) is 7.97. The largest absolute Gasteiger partial charge is 0.497 e. The molecular weight excluding hydrogens is 310 g/mol. The molecule has 7 heteroatoms. The van der Waals surface area contributed by atoms with Crippen LogP contribution in [0.25, 0.3) is 11.3 Å². The quantitative estimate of drug-likeness (QED) is 0.827. The minimum absolute atomic E-state index is 0. The van der Waals surface area contributed by atoms with E-state index in [1.807, 2.05) is 28.8 Å². The Bertz CT molecular complexity index is 712. The van der Waals surface area contributed by atoms with Crippen LogP contribution >= 0.6 is 24.6 Å². The third kappa shape index (κ3) is 4.17. The molecule has 0 atom stereocenters. The first-order valence-corrected chi connectivity index (χ1v) is 6.75. The fourth-order valence-corrected chi connectivity index (χ4v) is 2.30. The fourth-order valence-electron chi connectivity index (χ4n) is 2.01. The van der Waals surface area contributed by atoms with Crippen molar-refractivity contribution in [3.8, 4) is 17.0 Å². The number of aromatic nitrogens is 2. The topological polar surface area (TPSA) is 73.0 Å². The van der Waals surface area contributed by atoms with Crippen LogP contribution in [0.3, 0.4) is 0 Å². The standard InChI is InChI=1S/C14H17N3O2S.ClH/c1-19-11-5-2-4-10(8-11)12-9-13(18)16-14(20)17(12)7-3-6-15;/h2,4-5,8-9H,3,6-7,15H2,1H3,(H,16,18,20);1H. The van der Waals surface area contributed by atoms with Crippen LogP contribution in [-0.4, -0.2) is 23.2 Å². The number of hydrogen-bond acceptors (Lipinski definition) is 4. The van der Waals surface area contributed by atoms with Crippen LogP contribution in [-0.2, 0) is 6.54 Å². The molecule has 0 unspecified atom stereocenters. The minimum atomic E-state index is -0.211. The number of nitrogens with two attached hydrogens (primary N) is 1. The number of H-pyrrole nitrogens is 1. The summed E-state index contributed by atoms with van der Waals surface area (Å²) in [4.78, 5) is 14.3. The zero-order chi connectivity index (χ0) is 14.5. The number of methoxy groups -OCH3 is 1. The molecule has 0 bridgehead atoms. The van der Waals surface area contributed by atoms with Crippen LogP contribution in [0.2, 0.25) is 0 Å². The number of hydrogen-bond donors (Lipinski definition) is 2. The summed E-state index contributed by atoms with van der Waals surface area (Å²) < 4.78 is 7.51. The molecule has 0 saturated heterocycles. The molecule has 0 radical (unpaired) electrons. The molecule has 0 aliphatic rings. The Hall–Kier alpha value is -1.63. The zero-order valence-electron chi connectivity index (χ0n) is 11.7. The molecule has 0 amide bonds. The average molecular weight is 328 g/mol. The van der Waals surface area contributed by atoms with Crippen molar-refractivity contribution in [2.75, 3.05) is 13.7 Å². The van der Waals surface area contributed by atoms with Crippen LogP contribution < -0.4 is 16.0 Å². The van der Waals surface area contributed by atoms with E-state index in [4.69, 9.17) is 22.7 Å². The smallest absolute Gasteiger partial charge is 0.252 e. The summed E-state index contributed by atoms with van der Waals surface area (Å²) in [5, 5.41) is 0. The van der Waals surface area contributed by atoms with Crippen LogP contribution in [0.4, 0.5) is 0 Å². The molecule has 0 fully saturated rings. The zero-order valence-corrected chi connectivity index (χ0v) is 13.3. The average Bonchev–Trinajstić information content (AvgIpc) is 2.45. The summed E-state index contributed by atoms with van der Waals surface area (Å²) in [6.07, 6.45) is 0.789. The molecule has 0 aliphatic heterocycles. The van der Waals surface area contributed by atoms with Crippen LogP contribution in [0.1, 0.15) is 6.42 Å². The lowest BCUT2D eigenvalue weighted by molar-refractivity contribution is 0.415. The molecule has 0 spiro atoms. The Kier molecular flexibility index (Phi) is 6.61. The molecule has 21 heavy (non-hydrogen) atoms. The molecule has 2 rings (SSSR count). The number of aromatic amines is 1. The Morgan fingerprint density at radius 3 is 2.81 bits per heavy atom. The van der Waals surface area contributed by atoms with Crippen molar-refractivity contribution >= 4 is 24.6 Å². The van der Waals surface area contributed by atoms with Gasteiger partial charge in [-0.2, -0.15) is 0 Å². The van der Waals surface area contributed by atoms with E-state index in [0.29, 0.717) is 17.9 Å². The Morgan fingerprint density at radius 2 is 2.14 bits per heavy atom. The van der Waals surface area contributed by atoms with E-state index in [1.165, 1.54) is 0 Å². The van der Waals surface area contributed by atoms with Gasteiger partial charge < -0.3 is 15.0 Å². The number of nitrogens with one attached hydrogen (secondary N) is 1. The third-order valence-electron chi connectivity index (χ3n) is 2.99. The molecule has 1 aromatic carbocycles. The van der Waals surface area contributed by atoms with Crippen molar-refractivity contribution in [1.82, 2.24) is 9.55 Å². The third-order valence-corrected chi connectivity index (χ3v) is 3.31. The van der Waals surface area contributed by atoms with Crippen molar-refractivity contribution in [2.45, 2.75) is 13.0 Å². The highest BCUT2D eigenvalue weighted by Gasteiger charge is 2.07. The summed E-state index contributed by atoms with van der Waals surface area (Å²) in [6.45, 7) is 1.23. The van der Waals surface area contributed by atoms with Gasteiger partial charge in [-0.3, -0.25) is 9.78 Å². The molecule has 1 aromatic heterocycles. The molecule has 2 aromatic rings. The molecule has 3 N–H and O–H groups in total. The predicted octanol–water partition coefficient (Wildman–Crippen LogP) is 2.35. The van der Waals surface area contributed by atoms with Gasteiger partial charge in [0.2, 0.25) is 0 Å². The van der Waals surface area contributed by atoms with Gasteiger partial charge in [-0.25, -0.2) is 0 Å². The van der Waals surface area contributed by atoms with E-state index in [0.717, 1.165) is 23.4 Å². The second-order valence-corrected chi connectivity index (χ2v) is 4.74. The van der Waals surface area contributed by atoms with E-state index < -0.39 is 0 Å². The number of rotatable bonds is 5. The molecule has 0 aliphatic carbocycles. The van der Waals surface area contributed by atoms with Gasteiger partial charge in [0.05, 0.1) is 12.8 Å². The normalized spacial score (nSPS) is 10.0. The number of nitrogens with zero attached hydrogens (tertiary/aromatic N) is 1. The lowest BCUT2D eigenvalue weighted by atomic mass is 10.1. The first-order valence-electron chi connectivity index (χ1n) is 6.34. The van der Waals surface area contributed by atoms with Crippen molar-refractivity contribution in [2.24, 2.45) is 5.73 Å². The maximum Gasteiger partial charge on any atom is 0.252 e. The molecule has 114 valence electrons. The number of ether oxygens (including phenoxy) is 1. The van der Waals surface area contributed by atoms with Gasteiger partial charge >= 0.3 is 0 Å². The number of benzene rings is 1. The lowest BCUT2D eigenvalue weighted by Gasteiger charge is -2.13. The van der Waals surface area contributed by atoms with Crippen molar-refractivity contribution in [3.63, 3.8) is 0 Å². The fraction of sp³-hybridized carbons (Fsp3) is 0.286. The summed E-state index contributed by atoms with van der Waals surface area (Å²) in [6, 6.07) is 9.08. The summed E-state index contributed by atoms with van der Waals surface area (Å²) in [5.74, 6) is 0.735. The second-order valence-electron chi connectivity index (χ2n) is 4.35. The van der Waals surface area contributed by atoms with Crippen LogP contribution in [0.5, 0.6) is 5.75 Å². The Labute approximate surface area is 134 Å². The van der Waals surface area contributed by atoms with Crippen LogP contribution in [0, 0.1) is 4.77 Å². The van der Waals surface area contributed by atoms with E-state index >= 15 is 0 Å². The highest BCUT2D eigenvalue weighted by Crippen LogP contribution is 2.23. The molecule has 1 heterocycles. The monoisotopic (exact) mass is 327 g/mol. The van der Waals surface area contributed by atoms with Gasteiger partial charge in [0, 0.05) is 18.2 Å². The first kappa shape index (κ1) is 17.4. The van der Waals surface area contributed by atoms with Crippen molar-refractivity contribution < 1.29 is 4.74 Å². The van der Waals surface area contributed by atoms with E-state index in [-0.39, 0.29) is 18.0 Å². The molecule has 5 nitrogen and oxygen atoms in total. The van der Waals surface area contributed by atoms with Crippen molar-refractivity contribution in [3.05, 3.63) is 45.5 Å². The number of halogens is 1. The van der Waals surface area contributed by atoms with Gasteiger partial charge in [-0.15, -0.1) is 12.4 Å². The van der Waals surface area contributed by atoms with Gasteiger partial charge in [0.1, 0.15) is 5.75 Å². The SMILES string of the molecule is COc1cccc(-c2cc(=O)[nH]c(=S)n2CCCN)c1.Cl. The van der Waals surface area contributed by atoms with Gasteiger partial charge in [0.15, 0.2) is 4.77 Å². The van der Waals surface area contributed by atoms with Crippen molar-refractivity contribution in [1.29, 1.82) is 0 Å². The van der Waals surface area contributed by atoms with Gasteiger partial charge in [-0.05, 0) is 37.3 Å². The van der Waals surface area contributed by atoms with Gasteiger partial charge in [0.25, 0.3) is 5.56 Å². The van der Waals surface area contributed by atoms with Crippen LogP contribution in [0.15, 0.2) is 35.1 Å². The Morgan fingerprint density at radius 1 is 1.38 bits per heavy atom. The minimum Gasteiger partial charge on any atom is -0.497 e. The predicted molar refractivity (Wildman–Crippen MR) is 88.8 cm³/mol. The molecular formula is C14H18ClN3O2S. The highest BCUT2D eigenvalue weighted by molar-refractivity contribution is 7.71. The highest BCUT2D eigenvalue weighted by atomic mass is 35.5. The Balaban J connectivity index is 0.00000220. The molecule has 0 saturated carbocycles. The van der Waals surface area contributed by atoms with E-state index in [9.17, 15) is 4.79 Å². The van der Waals surface area contributed by atoms with E-state index in [1.54, 1.807) is 13.2 Å². The summed E-state index contributed by atoms with van der Waals surface area (Å²) >= 11 is 5.24. The maximum absolute atomic E-state index is 11.7. The van der Waals surface area contributed by atoms with E-state index in [2.05, 4.69) is 4.98 Å². The van der Waals surface area contributed by atoms with Gasteiger partial charge in [-0.1, -0.05) is 12.1 Å². The maximum atomic E-state index is 11.7. The lowest BCUT2D eigenvalue weighted by Crippen LogP contribution is -2.16. The summed E-state index contributed by atoms with van der Waals surface area (Å²) in [7, 11) is 1.61. The first-order chi connectivity index (χ1) is 9.65. The summed E-state index contributed by atoms with van der Waals surface area (Å²) in [5.41, 5.74) is 7.00.